The van der Waals surface area contributed by atoms with Crippen LogP contribution in [0.15, 0.2) is 12.4 Å². The van der Waals surface area contributed by atoms with Gasteiger partial charge in [0.2, 0.25) is 0 Å². The van der Waals surface area contributed by atoms with Crippen LogP contribution in [-0.4, -0.2) is 47.9 Å². The topological polar surface area (TPSA) is 76.6 Å². The van der Waals surface area contributed by atoms with Gasteiger partial charge in [0.15, 0.2) is 5.82 Å². The van der Waals surface area contributed by atoms with E-state index < -0.39 is 0 Å². The Hall–Kier alpha value is -2.05. The molecule has 0 aliphatic carbocycles. The lowest BCUT2D eigenvalue weighted by Gasteiger charge is -2.34. The Balaban J connectivity index is 2.04. The molecule has 1 aromatic heterocycles. The standard InChI is InChI=1S/C15H24N4O3/c1-4-21-15(20)18-12-6-5-9-19(10-12)13-14(22-11(2)3)17-8-7-16-13/h7-8,11-12H,4-6,9-10H2,1-3H3,(H,18,20). The molecule has 1 atom stereocenters. The zero-order chi connectivity index (χ0) is 15.9. The third kappa shape index (κ3) is 4.47. The van der Waals surface area contributed by atoms with E-state index in [-0.39, 0.29) is 18.2 Å². The molecule has 0 saturated carbocycles. The number of rotatable bonds is 5. The van der Waals surface area contributed by atoms with Crippen LogP contribution >= 0.6 is 0 Å². The Morgan fingerprint density at radius 3 is 2.95 bits per heavy atom. The molecular weight excluding hydrogens is 284 g/mol. The molecule has 0 spiro atoms. The predicted octanol–water partition coefficient (Wildman–Crippen LogP) is 1.98. The van der Waals surface area contributed by atoms with Gasteiger partial charge in [-0.05, 0) is 33.6 Å². The molecule has 0 radical (unpaired) electrons. The Bertz CT molecular complexity index is 495. The highest BCUT2D eigenvalue weighted by Crippen LogP contribution is 2.26. The summed E-state index contributed by atoms with van der Waals surface area (Å²) in [5.74, 6) is 1.26. The quantitative estimate of drug-likeness (QED) is 0.896. The second-order valence-electron chi connectivity index (χ2n) is 5.50. The molecule has 1 saturated heterocycles. The summed E-state index contributed by atoms with van der Waals surface area (Å²) >= 11 is 0. The number of amides is 1. The van der Waals surface area contributed by atoms with Crippen molar-refractivity contribution in [3.05, 3.63) is 12.4 Å². The van der Waals surface area contributed by atoms with Crippen molar-refractivity contribution in [1.82, 2.24) is 15.3 Å². The molecule has 0 bridgehead atoms. The molecule has 0 aromatic carbocycles. The summed E-state index contributed by atoms with van der Waals surface area (Å²) in [6.07, 6.45) is 4.84. The molecule has 1 unspecified atom stereocenters. The van der Waals surface area contributed by atoms with E-state index in [9.17, 15) is 4.79 Å². The highest BCUT2D eigenvalue weighted by molar-refractivity contribution is 5.67. The number of anilines is 1. The highest BCUT2D eigenvalue weighted by atomic mass is 16.5. The van der Waals surface area contributed by atoms with Crippen molar-refractivity contribution in [1.29, 1.82) is 0 Å². The second kappa shape index (κ2) is 7.82. The maximum Gasteiger partial charge on any atom is 0.407 e. The zero-order valence-electron chi connectivity index (χ0n) is 13.4. The molecule has 2 rings (SSSR count). The molecular formula is C15H24N4O3. The average molecular weight is 308 g/mol. The summed E-state index contributed by atoms with van der Waals surface area (Å²) in [5.41, 5.74) is 0. The first-order valence-corrected chi connectivity index (χ1v) is 7.76. The van der Waals surface area contributed by atoms with Gasteiger partial charge in [0, 0.05) is 31.5 Å². The molecule has 1 fully saturated rings. The lowest BCUT2D eigenvalue weighted by atomic mass is 10.1. The molecule has 7 nitrogen and oxygen atoms in total. The van der Waals surface area contributed by atoms with E-state index in [4.69, 9.17) is 9.47 Å². The predicted molar refractivity (Wildman–Crippen MR) is 83.2 cm³/mol. The van der Waals surface area contributed by atoms with Crippen molar-refractivity contribution in [3.8, 4) is 5.88 Å². The highest BCUT2D eigenvalue weighted by Gasteiger charge is 2.25. The summed E-state index contributed by atoms with van der Waals surface area (Å²) in [6.45, 7) is 7.63. The second-order valence-corrected chi connectivity index (χ2v) is 5.50. The third-order valence-electron chi connectivity index (χ3n) is 3.31. The van der Waals surface area contributed by atoms with Crippen molar-refractivity contribution >= 4 is 11.9 Å². The minimum absolute atomic E-state index is 0.0358. The van der Waals surface area contributed by atoms with E-state index >= 15 is 0 Å². The van der Waals surface area contributed by atoms with Crippen LogP contribution in [0.4, 0.5) is 10.6 Å². The Labute approximate surface area is 131 Å². The number of carbonyl (C=O) groups excluding carboxylic acids is 1. The summed E-state index contributed by atoms with van der Waals surface area (Å²) in [6, 6.07) is 0.0432. The maximum absolute atomic E-state index is 11.6. The summed E-state index contributed by atoms with van der Waals surface area (Å²) in [5, 5.41) is 2.89. The van der Waals surface area contributed by atoms with Gasteiger partial charge in [-0.3, -0.25) is 0 Å². The van der Waals surface area contributed by atoms with Gasteiger partial charge in [0.25, 0.3) is 5.88 Å². The van der Waals surface area contributed by atoms with Crippen LogP contribution in [0.25, 0.3) is 0 Å². The Kier molecular flexibility index (Phi) is 5.80. The van der Waals surface area contributed by atoms with Gasteiger partial charge < -0.3 is 19.7 Å². The van der Waals surface area contributed by atoms with Gasteiger partial charge in [-0.2, -0.15) is 0 Å². The average Bonchev–Trinajstić information content (AvgIpc) is 2.47. The van der Waals surface area contributed by atoms with E-state index in [0.29, 0.717) is 19.0 Å². The van der Waals surface area contributed by atoms with Gasteiger partial charge in [0.05, 0.1) is 12.7 Å². The van der Waals surface area contributed by atoms with Gasteiger partial charge in [0.1, 0.15) is 0 Å². The van der Waals surface area contributed by atoms with E-state index in [0.717, 1.165) is 25.2 Å². The fourth-order valence-corrected chi connectivity index (χ4v) is 2.47. The maximum atomic E-state index is 11.6. The number of piperidine rings is 1. The van der Waals surface area contributed by atoms with Crippen molar-refractivity contribution < 1.29 is 14.3 Å². The SMILES string of the molecule is CCOC(=O)NC1CCCN(c2nccnc2OC(C)C)C1. The molecule has 1 aliphatic rings. The number of carbonyl (C=O) groups is 1. The first-order chi connectivity index (χ1) is 10.6. The number of hydrogen-bond donors (Lipinski definition) is 1. The van der Waals surface area contributed by atoms with Crippen molar-refractivity contribution in [3.63, 3.8) is 0 Å². The molecule has 1 N–H and O–H groups in total. The number of alkyl carbamates (subject to hydrolysis) is 1. The monoisotopic (exact) mass is 308 g/mol. The first-order valence-electron chi connectivity index (χ1n) is 7.76. The van der Waals surface area contributed by atoms with Gasteiger partial charge >= 0.3 is 6.09 Å². The Morgan fingerprint density at radius 2 is 2.23 bits per heavy atom. The summed E-state index contributed by atoms with van der Waals surface area (Å²) < 4.78 is 10.7. The fraction of sp³-hybridized carbons (Fsp3) is 0.667. The number of ether oxygens (including phenoxy) is 2. The van der Waals surface area contributed by atoms with Gasteiger partial charge in [-0.15, -0.1) is 0 Å². The van der Waals surface area contributed by atoms with Crippen molar-refractivity contribution in [2.24, 2.45) is 0 Å². The minimum atomic E-state index is -0.368. The Morgan fingerprint density at radius 1 is 1.45 bits per heavy atom. The van der Waals surface area contributed by atoms with Crippen LogP contribution in [0.2, 0.25) is 0 Å². The van der Waals surface area contributed by atoms with Gasteiger partial charge in [-0.1, -0.05) is 0 Å². The smallest absolute Gasteiger partial charge is 0.407 e. The van der Waals surface area contributed by atoms with Gasteiger partial charge in [-0.25, -0.2) is 14.8 Å². The molecule has 2 heterocycles. The van der Waals surface area contributed by atoms with Crippen LogP contribution in [0.3, 0.4) is 0 Å². The number of aromatic nitrogens is 2. The first kappa shape index (κ1) is 16.3. The van der Waals surface area contributed by atoms with E-state index in [1.807, 2.05) is 13.8 Å². The van der Waals surface area contributed by atoms with E-state index in [2.05, 4.69) is 20.2 Å². The third-order valence-corrected chi connectivity index (χ3v) is 3.31. The number of nitrogens with zero attached hydrogens (tertiary/aromatic N) is 3. The molecule has 1 amide bonds. The van der Waals surface area contributed by atoms with Crippen LogP contribution in [0, 0.1) is 0 Å². The van der Waals surface area contributed by atoms with Crippen LogP contribution < -0.4 is 15.0 Å². The fourth-order valence-electron chi connectivity index (χ4n) is 2.47. The minimum Gasteiger partial charge on any atom is -0.472 e. The largest absolute Gasteiger partial charge is 0.472 e. The normalized spacial score (nSPS) is 18.2. The molecule has 1 aliphatic heterocycles. The molecule has 1 aromatic rings. The van der Waals surface area contributed by atoms with Crippen molar-refractivity contribution in [2.75, 3.05) is 24.6 Å². The van der Waals surface area contributed by atoms with Crippen molar-refractivity contribution in [2.45, 2.75) is 45.8 Å². The lowest BCUT2D eigenvalue weighted by molar-refractivity contribution is 0.146. The van der Waals surface area contributed by atoms with E-state index in [1.54, 1.807) is 19.3 Å². The zero-order valence-corrected chi connectivity index (χ0v) is 13.4. The molecule has 122 valence electrons. The molecule has 22 heavy (non-hydrogen) atoms. The van der Waals surface area contributed by atoms with Crippen LogP contribution in [0.1, 0.15) is 33.6 Å². The van der Waals surface area contributed by atoms with Crippen LogP contribution in [-0.2, 0) is 4.74 Å². The van der Waals surface area contributed by atoms with E-state index in [1.165, 1.54) is 0 Å². The summed E-state index contributed by atoms with van der Waals surface area (Å²) in [4.78, 5) is 22.3. The number of hydrogen-bond acceptors (Lipinski definition) is 6. The summed E-state index contributed by atoms with van der Waals surface area (Å²) in [7, 11) is 0. The lowest BCUT2D eigenvalue weighted by Crippen LogP contribution is -2.48. The number of nitrogens with one attached hydrogen (secondary N) is 1. The molecule has 7 heteroatoms. The van der Waals surface area contributed by atoms with Crippen LogP contribution in [0.5, 0.6) is 5.88 Å².